The lowest BCUT2D eigenvalue weighted by Crippen LogP contribution is -2.58. The number of carbonyl (C=O) groups is 3. The maximum atomic E-state index is 12.0. The zero-order valence-corrected chi connectivity index (χ0v) is 13.2. The molecule has 0 bridgehead atoms. The molecule has 124 valence electrons. The molecule has 4 unspecified atom stereocenters. The van der Waals surface area contributed by atoms with E-state index in [1.165, 1.54) is 0 Å². The van der Waals surface area contributed by atoms with Crippen molar-refractivity contribution in [2.45, 2.75) is 25.8 Å². The van der Waals surface area contributed by atoms with E-state index in [-0.39, 0.29) is 23.8 Å². The van der Waals surface area contributed by atoms with Crippen molar-refractivity contribution >= 4 is 18.7 Å². The summed E-state index contributed by atoms with van der Waals surface area (Å²) in [5, 5.41) is 5.50. The van der Waals surface area contributed by atoms with E-state index >= 15 is 0 Å². The van der Waals surface area contributed by atoms with Gasteiger partial charge in [0.1, 0.15) is 0 Å². The lowest BCUT2D eigenvalue weighted by Gasteiger charge is -2.54. The Morgan fingerprint density at radius 1 is 1.35 bits per heavy atom. The molecule has 0 aromatic heterocycles. The summed E-state index contributed by atoms with van der Waals surface area (Å²) in [6.07, 6.45) is 2.74. The van der Waals surface area contributed by atoms with Crippen molar-refractivity contribution in [1.29, 1.82) is 0 Å². The van der Waals surface area contributed by atoms with E-state index < -0.39 is 5.41 Å². The highest BCUT2D eigenvalue weighted by atomic mass is 16.1. The topological polar surface area (TPSA) is 101 Å². The van der Waals surface area contributed by atoms with Crippen LogP contribution in [0.4, 0.5) is 0 Å². The van der Waals surface area contributed by atoms with Gasteiger partial charge in [0.2, 0.25) is 18.7 Å². The Balaban J connectivity index is 2.27. The monoisotopic (exact) mass is 317 g/mol. The number of hydrogen-bond donors (Lipinski definition) is 3. The number of carbonyl (C=O) groups excluding carboxylic acids is 3. The van der Waals surface area contributed by atoms with Crippen LogP contribution in [0.2, 0.25) is 0 Å². The highest BCUT2D eigenvalue weighted by molar-refractivity contribution is 5.82. The van der Waals surface area contributed by atoms with Gasteiger partial charge in [-0.1, -0.05) is 37.3 Å². The van der Waals surface area contributed by atoms with Gasteiger partial charge in [0, 0.05) is 12.5 Å². The zero-order valence-electron chi connectivity index (χ0n) is 13.2. The van der Waals surface area contributed by atoms with E-state index in [4.69, 9.17) is 5.73 Å². The molecule has 4 atom stereocenters. The summed E-state index contributed by atoms with van der Waals surface area (Å²) in [5.74, 6) is -0.241. The molecule has 23 heavy (non-hydrogen) atoms. The average molecular weight is 317 g/mol. The second kappa shape index (κ2) is 7.26. The van der Waals surface area contributed by atoms with Crippen LogP contribution in [0.5, 0.6) is 0 Å². The van der Waals surface area contributed by atoms with Crippen LogP contribution in [0.15, 0.2) is 30.3 Å². The van der Waals surface area contributed by atoms with Gasteiger partial charge in [-0.3, -0.25) is 14.4 Å². The lowest BCUT2D eigenvalue weighted by atomic mass is 9.50. The average Bonchev–Trinajstić information content (AvgIpc) is 2.54. The maximum Gasteiger partial charge on any atom is 0.223 e. The van der Waals surface area contributed by atoms with Crippen molar-refractivity contribution < 1.29 is 14.4 Å². The number of nitrogens with one attached hydrogen (secondary N) is 2. The third-order valence-electron chi connectivity index (χ3n) is 5.00. The minimum atomic E-state index is -0.664. The predicted octanol–water partition coefficient (Wildman–Crippen LogP) is 0.737. The summed E-state index contributed by atoms with van der Waals surface area (Å²) in [4.78, 5) is 33.5. The molecule has 0 radical (unpaired) electrons. The van der Waals surface area contributed by atoms with Crippen LogP contribution in [-0.4, -0.2) is 25.3 Å². The van der Waals surface area contributed by atoms with Crippen molar-refractivity contribution in [1.82, 2.24) is 10.6 Å². The summed E-state index contributed by atoms with van der Waals surface area (Å²) < 4.78 is 0. The van der Waals surface area contributed by atoms with Gasteiger partial charge >= 0.3 is 0 Å². The van der Waals surface area contributed by atoms with Crippen LogP contribution in [0.1, 0.15) is 31.4 Å². The van der Waals surface area contributed by atoms with Gasteiger partial charge in [-0.25, -0.2) is 0 Å². The van der Waals surface area contributed by atoms with Crippen molar-refractivity contribution in [2.75, 3.05) is 6.54 Å². The first-order valence-electron chi connectivity index (χ1n) is 7.76. The quantitative estimate of drug-likeness (QED) is 0.462. The Bertz CT molecular complexity index is 563. The molecule has 4 N–H and O–H groups in total. The standard InChI is InChI=1S/C17H23N3O3/c1-17(16(18)23)9-13(7-8-19-10-21)14(17)15(20-11-22)12-5-3-2-4-6-12/h2-6,10-11,13-15H,7-9H2,1H3,(H2,18,23)(H,19,21)(H,20,22). The van der Waals surface area contributed by atoms with Crippen molar-refractivity contribution in [3.8, 4) is 0 Å². The number of benzene rings is 1. The van der Waals surface area contributed by atoms with Crippen LogP contribution in [0.3, 0.4) is 0 Å². The normalized spacial score (nSPS) is 27.3. The predicted molar refractivity (Wildman–Crippen MR) is 86.0 cm³/mol. The Morgan fingerprint density at radius 3 is 2.61 bits per heavy atom. The van der Waals surface area contributed by atoms with E-state index in [0.717, 1.165) is 12.0 Å². The van der Waals surface area contributed by atoms with E-state index in [1.54, 1.807) is 0 Å². The molecule has 1 saturated carbocycles. The Labute approximate surface area is 135 Å². The highest BCUT2D eigenvalue weighted by Crippen LogP contribution is 2.57. The molecule has 0 spiro atoms. The fraction of sp³-hybridized carbons (Fsp3) is 0.471. The van der Waals surface area contributed by atoms with Gasteiger partial charge in [0.25, 0.3) is 0 Å². The molecule has 6 nitrogen and oxygen atoms in total. The van der Waals surface area contributed by atoms with Crippen LogP contribution in [-0.2, 0) is 14.4 Å². The molecular weight excluding hydrogens is 294 g/mol. The largest absolute Gasteiger partial charge is 0.369 e. The van der Waals surface area contributed by atoms with Crippen LogP contribution in [0.25, 0.3) is 0 Å². The minimum absolute atomic E-state index is 0.0962. The van der Waals surface area contributed by atoms with Crippen LogP contribution in [0, 0.1) is 17.3 Å². The van der Waals surface area contributed by atoms with Crippen LogP contribution < -0.4 is 16.4 Å². The number of amides is 3. The van der Waals surface area contributed by atoms with Crippen molar-refractivity contribution in [3.63, 3.8) is 0 Å². The fourth-order valence-electron chi connectivity index (χ4n) is 3.82. The first-order valence-corrected chi connectivity index (χ1v) is 7.76. The molecule has 1 aromatic carbocycles. The zero-order chi connectivity index (χ0) is 16.9. The first-order chi connectivity index (χ1) is 11.0. The molecule has 0 heterocycles. The summed E-state index contributed by atoms with van der Waals surface area (Å²) in [6.45, 7) is 2.40. The molecule has 6 heteroatoms. The van der Waals surface area contributed by atoms with E-state index in [9.17, 15) is 14.4 Å². The van der Waals surface area contributed by atoms with E-state index in [0.29, 0.717) is 25.8 Å². The Morgan fingerprint density at radius 2 is 2.04 bits per heavy atom. The molecule has 1 aromatic rings. The summed E-state index contributed by atoms with van der Waals surface area (Å²) in [6, 6.07) is 9.29. The lowest BCUT2D eigenvalue weighted by molar-refractivity contribution is -0.147. The van der Waals surface area contributed by atoms with Gasteiger partial charge in [-0.15, -0.1) is 0 Å². The number of primary amides is 1. The van der Waals surface area contributed by atoms with E-state index in [2.05, 4.69) is 10.6 Å². The molecular formula is C17H23N3O3. The number of nitrogens with two attached hydrogens (primary N) is 1. The van der Waals surface area contributed by atoms with Crippen molar-refractivity contribution in [2.24, 2.45) is 23.0 Å². The maximum absolute atomic E-state index is 12.0. The third kappa shape index (κ3) is 3.36. The fourth-order valence-corrected chi connectivity index (χ4v) is 3.82. The van der Waals surface area contributed by atoms with Gasteiger partial charge in [-0.05, 0) is 24.3 Å². The Kier molecular flexibility index (Phi) is 5.36. The summed E-state index contributed by atoms with van der Waals surface area (Å²) in [7, 11) is 0. The van der Waals surface area contributed by atoms with Gasteiger partial charge in [-0.2, -0.15) is 0 Å². The van der Waals surface area contributed by atoms with E-state index in [1.807, 2.05) is 37.3 Å². The second-order valence-corrected chi connectivity index (χ2v) is 6.31. The highest BCUT2D eigenvalue weighted by Gasteiger charge is 2.57. The molecule has 0 saturated heterocycles. The van der Waals surface area contributed by atoms with Gasteiger partial charge < -0.3 is 16.4 Å². The molecule has 2 rings (SSSR count). The second-order valence-electron chi connectivity index (χ2n) is 6.31. The van der Waals surface area contributed by atoms with Gasteiger partial charge in [0.05, 0.1) is 11.5 Å². The molecule has 1 fully saturated rings. The minimum Gasteiger partial charge on any atom is -0.369 e. The first kappa shape index (κ1) is 17.0. The molecule has 0 aliphatic heterocycles. The summed E-state index contributed by atoms with van der Waals surface area (Å²) >= 11 is 0. The van der Waals surface area contributed by atoms with Crippen LogP contribution >= 0.6 is 0 Å². The molecule has 1 aliphatic carbocycles. The Hall–Kier alpha value is -2.37. The van der Waals surface area contributed by atoms with Gasteiger partial charge in [0.15, 0.2) is 0 Å². The molecule has 3 amide bonds. The van der Waals surface area contributed by atoms with Crippen molar-refractivity contribution in [3.05, 3.63) is 35.9 Å². The number of hydrogen-bond acceptors (Lipinski definition) is 3. The smallest absolute Gasteiger partial charge is 0.223 e. The SMILES string of the molecule is CC1(C(N)=O)CC(CCNC=O)C1C(NC=O)c1ccccc1. The number of rotatable bonds is 9. The third-order valence-corrected chi connectivity index (χ3v) is 5.00. The summed E-state index contributed by atoms with van der Waals surface area (Å²) in [5.41, 5.74) is 5.91. The molecule has 1 aliphatic rings.